The fourth-order valence-corrected chi connectivity index (χ4v) is 2.42. The predicted molar refractivity (Wildman–Crippen MR) is 76.6 cm³/mol. The molecule has 1 aliphatic heterocycles. The SMILES string of the molecule is COc1cccc(NC(=O)C2CCCN(C(C)=O)C2)c1. The number of methoxy groups -OCH3 is 1. The molecular formula is C15H20N2O3. The number of nitrogens with zero attached hydrogens (tertiary/aromatic N) is 1. The van der Waals surface area contributed by atoms with Gasteiger partial charge in [-0.05, 0) is 25.0 Å². The van der Waals surface area contributed by atoms with Crippen molar-refractivity contribution in [3.63, 3.8) is 0 Å². The van der Waals surface area contributed by atoms with Crippen LogP contribution in [-0.4, -0.2) is 36.9 Å². The Morgan fingerprint density at radius 2 is 2.20 bits per heavy atom. The minimum atomic E-state index is -0.140. The number of nitrogens with one attached hydrogen (secondary N) is 1. The molecule has 5 nitrogen and oxygen atoms in total. The van der Waals surface area contributed by atoms with Gasteiger partial charge in [0.05, 0.1) is 13.0 Å². The molecule has 1 N–H and O–H groups in total. The number of ether oxygens (including phenoxy) is 1. The van der Waals surface area contributed by atoms with Crippen molar-refractivity contribution in [2.75, 3.05) is 25.5 Å². The highest BCUT2D eigenvalue weighted by Gasteiger charge is 2.26. The van der Waals surface area contributed by atoms with Crippen LogP contribution in [0.2, 0.25) is 0 Å². The number of likely N-dealkylation sites (tertiary alicyclic amines) is 1. The van der Waals surface area contributed by atoms with Crippen molar-refractivity contribution in [2.24, 2.45) is 5.92 Å². The van der Waals surface area contributed by atoms with Crippen LogP contribution in [0.1, 0.15) is 19.8 Å². The van der Waals surface area contributed by atoms with E-state index in [4.69, 9.17) is 4.74 Å². The number of benzene rings is 1. The zero-order valence-electron chi connectivity index (χ0n) is 11.9. The number of carbonyl (C=O) groups is 2. The third-order valence-electron chi connectivity index (χ3n) is 3.57. The Kier molecular flexibility index (Phi) is 4.61. The smallest absolute Gasteiger partial charge is 0.229 e. The molecule has 0 radical (unpaired) electrons. The first-order chi connectivity index (χ1) is 9.60. The number of anilines is 1. The first-order valence-electron chi connectivity index (χ1n) is 6.80. The summed E-state index contributed by atoms with van der Waals surface area (Å²) in [6.45, 7) is 2.80. The van der Waals surface area contributed by atoms with Crippen molar-refractivity contribution >= 4 is 17.5 Å². The first kappa shape index (κ1) is 14.4. The summed E-state index contributed by atoms with van der Waals surface area (Å²) in [6.07, 6.45) is 1.69. The molecule has 1 saturated heterocycles. The van der Waals surface area contributed by atoms with Gasteiger partial charge in [0, 0.05) is 31.8 Å². The monoisotopic (exact) mass is 276 g/mol. The fourth-order valence-electron chi connectivity index (χ4n) is 2.42. The minimum absolute atomic E-state index is 0.0314. The third kappa shape index (κ3) is 3.50. The fraction of sp³-hybridized carbons (Fsp3) is 0.467. The van der Waals surface area contributed by atoms with Crippen molar-refractivity contribution in [1.82, 2.24) is 4.90 Å². The molecule has 1 aromatic rings. The van der Waals surface area contributed by atoms with E-state index in [1.807, 2.05) is 18.2 Å². The van der Waals surface area contributed by atoms with Gasteiger partial charge in [0.15, 0.2) is 0 Å². The second-order valence-electron chi connectivity index (χ2n) is 5.03. The zero-order chi connectivity index (χ0) is 14.5. The molecule has 0 aromatic heterocycles. The van der Waals surface area contributed by atoms with E-state index >= 15 is 0 Å². The maximum atomic E-state index is 12.2. The van der Waals surface area contributed by atoms with Gasteiger partial charge in [0.25, 0.3) is 0 Å². The van der Waals surface area contributed by atoms with E-state index in [-0.39, 0.29) is 17.7 Å². The molecule has 0 spiro atoms. The van der Waals surface area contributed by atoms with Crippen molar-refractivity contribution in [2.45, 2.75) is 19.8 Å². The van der Waals surface area contributed by atoms with Crippen LogP contribution in [0, 0.1) is 5.92 Å². The molecule has 0 saturated carbocycles. The van der Waals surface area contributed by atoms with Crippen LogP contribution in [0.25, 0.3) is 0 Å². The average molecular weight is 276 g/mol. The lowest BCUT2D eigenvalue weighted by molar-refractivity contribution is -0.132. The van der Waals surface area contributed by atoms with Crippen LogP contribution in [-0.2, 0) is 9.59 Å². The van der Waals surface area contributed by atoms with Crippen molar-refractivity contribution in [3.05, 3.63) is 24.3 Å². The topological polar surface area (TPSA) is 58.6 Å². The average Bonchev–Trinajstić information content (AvgIpc) is 2.47. The van der Waals surface area contributed by atoms with Gasteiger partial charge in [-0.15, -0.1) is 0 Å². The van der Waals surface area contributed by atoms with Crippen LogP contribution in [0.3, 0.4) is 0 Å². The molecule has 1 fully saturated rings. The largest absolute Gasteiger partial charge is 0.497 e. The molecule has 2 rings (SSSR count). The molecular weight excluding hydrogens is 256 g/mol. The maximum absolute atomic E-state index is 12.2. The van der Waals surface area contributed by atoms with E-state index in [2.05, 4.69) is 5.32 Å². The number of carbonyl (C=O) groups excluding carboxylic acids is 2. The molecule has 1 atom stereocenters. The summed E-state index contributed by atoms with van der Waals surface area (Å²) in [5.74, 6) is 0.559. The molecule has 1 aliphatic rings. The Labute approximate surface area is 118 Å². The van der Waals surface area contributed by atoms with Crippen LogP contribution in [0.5, 0.6) is 5.75 Å². The number of amides is 2. The lowest BCUT2D eigenvalue weighted by atomic mass is 9.97. The summed E-state index contributed by atoms with van der Waals surface area (Å²) in [7, 11) is 1.59. The lowest BCUT2D eigenvalue weighted by Gasteiger charge is -2.31. The number of piperidine rings is 1. The summed E-state index contributed by atoms with van der Waals surface area (Å²) < 4.78 is 5.13. The van der Waals surface area contributed by atoms with Gasteiger partial charge < -0.3 is 15.0 Å². The van der Waals surface area contributed by atoms with Gasteiger partial charge in [0.1, 0.15) is 5.75 Å². The maximum Gasteiger partial charge on any atom is 0.229 e. The molecule has 20 heavy (non-hydrogen) atoms. The van der Waals surface area contributed by atoms with Gasteiger partial charge in [-0.25, -0.2) is 0 Å². The van der Waals surface area contributed by atoms with Crippen molar-refractivity contribution < 1.29 is 14.3 Å². The molecule has 1 unspecified atom stereocenters. The zero-order valence-corrected chi connectivity index (χ0v) is 11.9. The highest BCUT2D eigenvalue weighted by Crippen LogP contribution is 2.21. The van der Waals surface area contributed by atoms with Gasteiger partial charge in [-0.3, -0.25) is 9.59 Å². The van der Waals surface area contributed by atoms with Gasteiger partial charge in [-0.1, -0.05) is 6.07 Å². The van der Waals surface area contributed by atoms with Crippen LogP contribution in [0.15, 0.2) is 24.3 Å². The summed E-state index contributed by atoms with van der Waals surface area (Å²) >= 11 is 0. The molecule has 5 heteroatoms. The molecule has 0 bridgehead atoms. The van der Waals surface area contributed by atoms with Crippen LogP contribution < -0.4 is 10.1 Å². The van der Waals surface area contributed by atoms with E-state index in [0.29, 0.717) is 18.0 Å². The highest BCUT2D eigenvalue weighted by atomic mass is 16.5. The van der Waals surface area contributed by atoms with Crippen LogP contribution in [0.4, 0.5) is 5.69 Å². The molecule has 0 aliphatic carbocycles. The molecule has 1 aromatic carbocycles. The number of hydrogen-bond acceptors (Lipinski definition) is 3. The number of rotatable bonds is 3. The highest BCUT2D eigenvalue weighted by molar-refractivity contribution is 5.93. The Balaban J connectivity index is 1.98. The van der Waals surface area contributed by atoms with E-state index in [0.717, 1.165) is 19.4 Å². The quantitative estimate of drug-likeness (QED) is 0.917. The number of hydrogen-bond donors (Lipinski definition) is 1. The minimum Gasteiger partial charge on any atom is -0.497 e. The Morgan fingerprint density at radius 3 is 2.90 bits per heavy atom. The first-order valence-corrected chi connectivity index (χ1v) is 6.80. The van der Waals surface area contributed by atoms with E-state index < -0.39 is 0 Å². The van der Waals surface area contributed by atoms with Crippen molar-refractivity contribution in [3.8, 4) is 5.75 Å². The van der Waals surface area contributed by atoms with Gasteiger partial charge >= 0.3 is 0 Å². The second kappa shape index (κ2) is 6.41. The van der Waals surface area contributed by atoms with Crippen LogP contribution >= 0.6 is 0 Å². The molecule has 2 amide bonds. The van der Waals surface area contributed by atoms with Crippen molar-refractivity contribution in [1.29, 1.82) is 0 Å². The third-order valence-corrected chi connectivity index (χ3v) is 3.57. The standard InChI is InChI=1S/C15H20N2O3/c1-11(18)17-8-4-5-12(10-17)15(19)16-13-6-3-7-14(9-13)20-2/h3,6-7,9,12H,4-5,8,10H2,1-2H3,(H,16,19). The van der Waals surface area contributed by atoms with E-state index in [1.54, 1.807) is 25.0 Å². The molecule has 1 heterocycles. The second-order valence-corrected chi connectivity index (χ2v) is 5.03. The summed E-state index contributed by atoms with van der Waals surface area (Å²) in [5.41, 5.74) is 0.717. The Morgan fingerprint density at radius 1 is 1.40 bits per heavy atom. The molecule has 108 valence electrons. The summed E-state index contributed by atoms with van der Waals surface area (Å²) in [4.78, 5) is 25.4. The normalized spacial score (nSPS) is 18.5. The summed E-state index contributed by atoms with van der Waals surface area (Å²) in [6, 6.07) is 7.26. The van der Waals surface area contributed by atoms with E-state index in [1.165, 1.54) is 0 Å². The van der Waals surface area contributed by atoms with Gasteiger partial charge in [-0.2, -0.15) is 0 Å². The Hall–Kier alpha value is -2.04. The predicted octanol–water partition coefficient (Wildman–Crippen LogP) is 1.89. The van der Waals surface area contributed by atoms with Gasteiger partial charge in [0.2, 0.25) is 11.8 Å². The van der Waals surface area contributed by atoms with E-state index in [9.17, 15) is 9.59 Å². The Bertz CT molecular complexity index is 502. The lowest BCUT2D eigenvalue weighted by Crippen LogP contribution is -2.42. The summed E-state index contributed by atoms with van der Waals surface area (Å²) in [5, 5.41) is 2.89.